The van der Waals surface area contributed by atoms with Crippen LogP contribution in [-0.4, -0.2) is 28.0 Å². The lowest BCUT2D eigenvalue weighted by Crippen LogP contribution is -2.14. The fourth-order valence-electron chi connectivity index (χ4n) is 2.30. The van der Waals surface area contributed by atoms with E-state index in [-0.39, 0.29) is 5.56 Å². The summed E-state index contributed by atoms with van der Waals surface area (Å²) < 4.78 is 7.39. The molecular weight excluding hydrogens is 206 g/mol. The molecule has 0 aromatic carbocycles. The predicted octanol–water partition coefficient (Wildman–Crippen LogP) is 0.946. The molecule has 3 aliphatic rings. The summed E-state index contributed by atoms with van der Waals surface area (Å²) in [5.41, 5.74) is 2.33. The maximum absolute atomic E-state index is 11.7. The number of nitrogens with zero attached hydrogens (tertiary/aromatic N) is 2. The van der Waals surface area contributed by atoms with Crippen LogP contribution in [0.3, 0.4) is 0 Å². The summed E-state index contributed by atoms with van der Waals surface area (Å²) >= 11 is 0. The van der Waals surface area contributed by atoms with Crippen LogP contribution < -0.4 is 5.56 Å². The molecule has 3 heterocycles. The Kier molecular flexibility index (Phi) is 2.07. The van der Waals surface area contributed by atoms with Crippen molar-refractivity contribution in [2.75, 3.05) is 13.2 Å². The molecule has 0 radical (unpaired) electrons. The quantitative estimate of drug-likeness (QED) is 0.776. The van der Waals surface area contributed by atoms with Crippen molar-refractivity contribution in [1.29, 1.82) is 0 Å². The molecule has 0 aromatic heterocycles. The van der Waals surface area contributed by atoms with E-state index < -0.39 is 0 Å². The van der Waals surface area contributed by atoms with Crippen molar-refractivity contribution in [3.8, 4) is 11.3 Å². The molecule has 1 atom stereocenters. The molecule has 5 nitrogen and oxygen atoms in total. The smallest absolute Gasteiger partial charge is 0.280 e. The summed E-state index contributed by atoms with van der Waals surface area (Å²) in [6.07, 6.45) is 2.54. The Hall–Kier alpha value is -1.62. The highest BCUT2D eigenvalue weighted by atomic mass is 16.5. The first-order valence-corrected chi connectivity index (χ1v) is 5.41. The Morgan fingerprint density at radius 3 is 3.25 bits per heavy atom. The Bertz CT molecular complexity index is 537. The Balaban J connectivity index is 2.18. The van der Waals surface area contributed by atoms with E-state index in [1.165, 1.54) is 0 Å². The largest absolute Gasteiger partial charge is 0.379 e. The van der Waals surface area contributed by atoms with Crippen molar-refractivity contribution >= 4 is 0 Å². The molecule has 1 N–H and O–H groups in total. The van der Waals surface area contributed by atoms with Crippen LogP contribution in [-0.2, 0) is 4.74 Å². The van der Waals surface area contributed by atoms with Crippen molar-refractivity contribution in [3.63, 3.8) is 0 Å². The number of hydrogen-bond acceptors (Lipinski definition) is 3. The number of aromatic amines is 1. The van der Waals surface area contributed by atoms with E-state index in [1.54, 1.807) is 6.20 Å². The van der Waals surface area contributed by atoms with Crippen LogP contribution in [0, 0.1) is 6.92 Å². The number of rotatable bonds is 1. The van der Waals surface area contributed by atoms with E-state index in [2.05, 4.69) is 10.1 Å². The molecular formula is C11H13N3O2. The topological polar surface area (TPSA) is 59.9 Å². The number of hydrogen-bond donors (Lipinski definition) is 1. The average molecular weight is 219 g/mol. The summed E-state index contributed by atoms with van der Waals surface area (Å²) in [4.78, 5) is 15.4. The van der Waals surface area contributed by atoms with Gasteiger partial charge in [-0.25, -0.2) is 4.98 Å². The number of ether oxygens (including phenoxy) is 1. The number of aryl methyl sites for hydroxylation is 1. The molecule has 0 bridgehead atoms. The van der Waals surface area contributed by atoms with Crippen molar-refractivity contribution < 1.29 is 4.74 Å². The molecule has 1 fully saturated rings. The van der Waals surface area contributed by atoms with Crippen LogP contribution in [0.5, 0.6) is 0 Å². The highest BCUT2D eigenvalue weighted by Crippen LogP contribution is 2.27. The lowest BCUT2D eigenvalue weighted by molar-refractivity contribution is 0.185. The summed E-state index contributed by atoms with van der Waals surface area (Å²) in [5.74, 6) is 0. The highest BCUT2D eigenvalue weighted by molar-refractivity contribution is 5.62. The third-order valence-corrected chi connectivity index (χ3v) is 3.09. The minimum atomic E-state index is -0.163. The zero-order chi connectivity index (χ0) is 11.1. The molecule has 3 rings (SSSR count). The molecule has 0 aromatic rings. The normalized spacial score (nSPS) is 20.7. The first-order valence-electron chi connectivity index (χ1n) is 5.41. The van der Waals surface area contributed by atoms with Crippen molar-refractivity contribution in [1.82, 2.24) is 14.8 Å². The average Bonchev–Trinajstić information content (AvgIpc) is 2.86. The van der Waals surface area contributed by atoms with Gasteiger partial charge in [-0.3, -0.25) is 9.48 Å². The van der Waals surface area contributed by atoms with E-state index in [1.807, 2.05) is 17.7 Å². The van der Waals surface area contributed by atoms with Crippen LogP contribution in [0.2, 0.25) is 0 Å². The van der Waals surface area contributed by atoms with Gasteiger partial charge in [0, 0.05) is 18.5 Å². The van der Waals surface area contributed by atoms with Gasteiger partial charge in [-0.05, 0) is 19.4 Å². The third-order valence-electron chi connectivity index (χ3n) is 3.09. The second-order valence-corrected chi connectivity index (χ2v) is 4.13. The van der Waals surface area contributed by atoms with E-state index in [9.17, 15) is 4.79 Å². The molecule has 0 spiro atoms. The Morgan fingerprint density at radius 1 is 1.62 bits per heavy atom. The number of H-pyrrole nitrogens is 1. The lowest BCUT2D eigenvalue weighted by Gasteiger charge is -2.12. The molecule has 84 valence electrons. The maximum Gasteiger partial charge on any atom is 0.280 e. The van der Waals surface area contributed by atoms with Gasteiger partial charge in [-0.2, -0.15) is 0 Å². The van der Waals surface area contributed by atoms with Gasteiger partial charge in [0.05, 0.1) is 23.9 Å². The van der Waals surface area contributed by atoms with Gasteiger partial charge >= 0.3 is 0 Å². The van der Waals surface area contributed by atoms with E-state index in [0.717, 1.165) is 24.4 Å². The molecule has 1 unspecified atom stereocenters. The van der Waals surface area contributed by atoms with Gasteiger partial charge in [0.15, 0.2) is 0 Å². The van der Waals surface area contributed by atoms with Gasteiger partial charge in [0.1, 0.15) is 0 Å². The van der Waals surface area contributed by atoms with Crippen LogP contribution >= 0.6 is 0 Å². The van der Waals surface area contributed by atoms with Crippen molar-refractivity contribution in [2.45, 2.75) is 19.4 Å². The maximum atomic E-state index is 11.7. The van der Waals surface area contributed by atoms with Crippen LogP contribution in [0.1, 0.15) is 18.2 Å². The van der Waals surface area contributed by atoms with Gasteiger partial charge in [-0.15, -0.1) is 0 Å². The van der Waals surface area contributed by atoms with Crippen LogP contribution in [0.25, 0.3) is 11.3 Å². The molecule has 0 amide bonds. The van der Waals surface area contributed by atoms with Gasteiger partial charge < -0.3 is 9.84 Å². The number of pyridine rings is 1. The second kappa shape index (κ2) is 3.45. The Labute approximate surface area is 92.4 Å². The minimum absolute atomic E-state index is 0.163. The number of aromatic nitrogens is 3. The monoisotopic (exact) mass is 219 g/mol. The highest BCUT2D eigenvalue weighted by Gasteiger charge is 2.24. The first-order chi connectivity index (χ1) is 7.77. The molecule has 1 saturated heterocycles. The third kappa shape index (κ3) is 1.28. The van der Waals surface area contributed by atoms with E-state index in [4.69, 9.17) is 4.74 Å². The molecule has 5 heteroatoms. The van der Waals surface area contributed by atoms with Crippen molar-refractivity contribution in [2.24, 2.45) is 0 Å². The standard InChI is InChI=1S/C11H13N3O2/c1-7-10-9(2-4-12-11(10)15)14(13-7)8-3-5-16-6-8/h2,4,8,13H,3,5-6H2,1H3. The zero-order valence-corrected chi connectivity index (χ0v) is 9.06. The second-order valence-electron chi connectivity index (χ2n) is 4.13. The molecule has 3 aliphatic heterocycles. The minimum Gasteiger partial charge on any atom is -0.379 e. The summed E-state index contributed by atoms with van der Waals surface area (Å²) in [5, 5.41) is 3.23. The summed E-state index contributed by atoms with van der Waals surface area (Å²) in [6, 6.07) is 2.18. The van der Waals surface area contributed by atoms with Gasteiger partial charge in [0.25, 0.3) is 5.56 Å². The number of fused-ring (bicyclic) bond motifs is 1. The SMILES string of the molecule is Cc1[nH]n(C2CCOC2)c2ccnc(=O)c1-2. The zero-order valence-electron chi connectivity index (χ0n) is 9.06. The lowest BCUT2D eigenvalue weighted by atomic mass is 10.1. The molecule has 0 aliphatic carbocycles. The summed E-state index contributed by atoms with van der Waals surface area (Å²) in [7, 11) is 0. The number of nitrogens with one attached hydrogen (secondary N) is 1. The van der Waals surface area contributed by atoms with Gasteiger partial charge in [-0.1, -0.05) is 0 Å². The summed E-state index contributed by atoms with van der Waals surface area (Å²) in [6.45, 7) is 3.39. The molecule has 0 saturated carbocycles. The fourth-order valence-corrected chi connectivity index (χ4v) is 2.30. The molecule has 16 heavy (non-hydrogen) atoms. The van der Waals surface area contributed by atoms with Crippen LogP contribution in [0.4, 0.5) is 0 Å². The Morgan fingerprint density at radius 2 is 2.50 bits per heavy atom. The first kappa shape index (κ1) is 9.59. The predicted molar refractivity (Wildman–Crippen MR) is 58.7 cm³/mol. The van der Waals surface area contributed by atoms with E-state index >= 15 is 0 Å². The fraction of sp³-hybridized carbons (Fsp3) is 0.455. The van der Waals surface area contributed by atoms with Crippen molar-refractivity contribution in [3.05, 3.63) is 28.3 Å². The van der Waals surface area contributed by atoms with E-state index in [0.29, 0.717) is 18.2 Å². The van der Waals surface area contributed by atoms with Gasteiger partial charge in [0.2, 0.25) is 0 Å². The van der Waals surface area contributed by atoms with Crippen LogP contribution in [0.15, 0.2) is 17.1 Å².